The molecule has 1 N–H and O–H groups in total. The lowest BCUT2D eigenvalue weighted by molar-refractivity contribution is -0.124. The second kappa shape index (κ2) is 7.83. The number of hydrogen-bond donors (Lipinski definition) is 1. The fourth-order valence-electron chi connectivity index (χ4n) is 2.31. The predicted molar refractivity (Wildman–Crippen MR) is 93.4 cm³/mol. The summed E-state index contributed by atoms with van der Waals surface area (Å²) in [7, 11) is 0. The Bertz CT molecular complexity index is 769. The zero-order valence-electron chi connectivity index (χ0n) is 13.4. The van der Waals surface area contributed by atoms with Crippen molar-refractivity contribution in [1.82, 2.24) is 25.1 Å². The molecule has 0 aliphatic rings. The van der Waals surface area contributed by atoms with Crippen LogP contribution in [0, 0.1) is 5.92 Å². The van der Waals surface area contributed by atoms with E-state index < -0.39 is 0 Å². The van der Waals surface area contributed by atoms with Crippen LogP contribution in [0.1, 0.15) is 12.6 Å². The molecule has 3 heterocycles. The lowest BCUT2D eigenvalue weighted by atomic mass is 10.1. The maximum absolute atomic E-state index is 12.1. The van der Waals surface area contributed by atoms with Crippen molar-refractivity contribution < 1.29 is 4.79 Å². The van der Waals surface area contributed by atoms with Gasteiger partial charge in [-0.1, -0.05) is 6.92 Å². The molecule has 0 unspecified atom stereocenters. The van der Waals surface area contributed by atoms with Crippen molar-refractivity contribution >= 4 is 17.2 Å². The van der Waals surface area contributed by atoms with Crippen molar-refractivity contribution in [2.75, 3.05) is 6.54 Å². The van der Waals surface area contributed by atoms with E-state index in [-0.39, 0.29) is 11.8 Å². The second-order valence-electron chi connectivity index (χ2n) is 5.55. The van der Waals surface area contributed by atoms with E-state index in [0.717, 1.165) is 22.7 Å². The SMILES string of the molecule is C[C@H](Cn1cccn1)C(=O)NCCc1csc(-c2ccncc2)n1. The molecular weight excluding hydrogens is 322 g/mol. The number of nitrogens with one attached hydrogen (secondary N) is 1. The molecule has 3 aromatic rings. The van der Waals surface area contributed by atoms with E-state index in [1.165, 1.54) is 0 Å². The van der Waals surface area contributed by atoms with Crippen LogP contribution in [0.2, 0.25) is 0 Å². The zero-order valence-corrected chi connectivity index (χ0v) is 14.2. The highest BCUT2D eigenvalue weighted by atomic mass is 32.1. The Morgan fingerprint density at radius 1 is 1.33 bits per heavy atom. The Morgan fingerprint density at radius 2 is 2.17 bits per heavy atom. The van der Waals surface area contributed by atoms with Crippen LogP contribution in [-0.2, 0) is 17.8 Å². The van der Waals surface area contributed by atoms with Gasteiger partial charge in [0.1, 0.15) is 5.01 Å². The molecule has 0 aromatic carbocycles. The van der Waals surface area contributed by atoms with Crippen LogP contribution in [0.3, 0.4) is 0 Å². The summed E-state index contributed by atoms with van der Waals surface area (Å²) in [6, 6.07) is 5.75. The fourth-order valence-corrected chi connectivity index (χ4v) is 3.17. The molecule has 0 aliphatic carbocycles. The van der Waals surface area contributed by atoms with Crippen molar-refractivity contribution in [3.8, 4) is 10.6 Å². The molecule has 0 saturated carbocycles. The monoisotopic (exact) mass is 341 g/mol. The molecule has 0 bridgehead atoms. The van der Waals surface area contributed by atoms with E-state index in [2.05, 4.69) is 20.4 Å². The van der Waals surface area contributed by atoms with Gasteiger partial charge in [0.15, 0.2) is 0 Å². The molecule has 1 atom stereocenters. The minimum Gasteiger partial charge on any atom is -0.355 e. The molecule has 0 radical (unpaired) electrons. The first-order chi connectivity index (χ1) is 11.7. The van der Waals surface area contributed by atoms with Crippen LogP contribution in [0.5, 0.6) is 0 Å². The van der Waals surface area contributed by atoms with Crippen LogP contribution in [0.25, 0.3) is 10.6 Å². The van der Waals surface area contributed by atoms with Gasteiger partial charge in [0.2, 0.25) is 5.91 Å². The minimum absolute atomic E-state index is 0.0371. The van der Waals surface area contributed by atoms with Crippen molar-refractivity contribution in [2.45, 2.75) is 19.9 Å². The molecule has 6 nitrogen and oxygen atoms in total. The largest absolute Gasteiger partial charge is 0.355 e. The summed E-state index contributed by atoms with van der Waals surface area (Å²) >= 11 is 1.61. The summed E-state index contributed by atoms with van der Waals surface area (Å²) in [6.45, 7) is 3.07. The molecule has 0 fully saturated rings. The second-order valence-corrected chi connectivity index (χ2v) is 6.41. The van der Waals surface area contributed by atoms with Crippen molar-refractivity contribution in [3.05, 3.63) is 54.1 Å². The Labute approximate surface area is 144 Å². The standard InChI is InChI=1S/C17H19N5OS/c1-13(11-22-10-2-6-20-22)16(23)19-9-5-15-12-24-17(21-15)14-3-7-18-8-4-14/h2-4,6-8,10,12-13H,5,9,11H2,1H3,(H,19,23)/t13-/m1/s1. The van der Waals surface area contributed by atoms with Gasteiger partial charge in [-0.25, -0.2) is 4.98 Å². The molecule has 24 heavy (non-hydrogen) atoms. The van der Waals surface area contributed by atoms with Gasteiger partial charge < -0.3 is 5.32 Å². The summed E-state index contributed by atoms with van der Waals surface area (Å²) in [6.07, 6.45) is 7.82. The number of hydrogen-bond acceptors (Lipinski definition) is 5. The minimum atomic E-state index is -0.118. The van der Waals surface area contributed by atoms with E-state index in [1.54, 1.807) is 34.6 Å². The van der Waals surface area contributed by atoms with Gasteiger partial charge in [0, 0.05) is 48.7 Å². The van der Waals surface area contributed by atoms with E-state index in [9.17, 15) is 4.79 Å². The van der Waals surface area contributed by atoms with Crippen LogP contribution in [0.4, 0.5) is 0 Å². The quantitative estimate of drug-likeness (QED) is 0.716. The fraction of sp³-hybridized carbons (Fsp3) is 0.294. The first kappa shape index (κ1) is 16.3. The van der Waals surface area contributed by atoms with Crippen LogP contribution in [-0.4, -0.2) is 32.2 Å². The van der Waals surface area contributed by atoms with Gasteiger partial charge in [-0.05, 0) is 18.2 Å². The summed E-state index contributed by atoms with van der Waals surface area (Å²) in [4.78, 5) is 20.7. The molecule has 3 rings (SSSR count). The normalized spacial score (nSPS) is 12.0. The summed E-state index contributed by atoms with van der Waals surface area (Å²) in [5.41, 5.74) is 2.06. The maximum Gasteiger partial charge on any atom is 0.224 e. The van der Waals surface area contributed by atoms with E-state index in [4.69, 9.17) is 0 Å². The van der Waals surface area contributed by atoms with Crippen LogP contribution in [0.15, 0.2) is 48.4 Å². The number of pyridine rings is 1. The number of amides is 1. The molecule has 7 heteroatoms. The highest BCUT2D eigenvalue weighted by Gasteiger charge is 2.13. The number of carbonyl (C=O) groups excluding carboxylic acids is 1. The lowest BCUT2D eigenvalue weighted by Gasteiger charge is -2.11. The number of thiazole rings is 1. The average molecular weight is 341 g/mol. The third-order valence-corrected chi connectivity index (χ3v) is 4.57. The molecule has 124 valence electrons. The lowest BCUT2D eigenvalue weighted by Crippen LogP contribution is -2.33. The summed E-state index contributed by atoms with van der Waals surface area (Å²) < 4.78 is 1.77. The van der Waals surface area contributed by atoms with Gasteiger partial charge in [0.25, 0.3) is 0 Å². The Hall–Kier alpha value is -2.54. The van der Waals surface area contributed by atoms with Gasteiger partial charge in [-0.3, -0.25) is 14.5 Å². The van der Waals surface area contributed by atoms with Crippen LogP contribution < -0.4 is 5.32 Å². The van der Waals surface area contributed by atoms with Crippen LogP contribution >= 0.6 is 11.3 Å². The van der Waals surface area contributed by atoms with Crippen molar-refractivity contribution in [2.24, 2.45) is 5.92 Å². The predicted octanol–water partition coefficient (Wildman–Crippen LogP) is 2.40. The molecule has 0 aliphatic heterocycles. The first-order valence-corrected chi connectivity index (χ1v) is 8.70. The number of rotatable bonds is 7. The first-order valence-electron chi connectivity index (χ1n) is 7.82. The smallest absolute Gasteiger partial charge is 0.224 e. The molecular formula is C17H19N5OS. The van der Waals surface area contributed by atoms with Gasteiger partial charge in [-0.15, -0.1) is 11.3 Å². The molecule has 3 aromatic heterocycles. The van der Waals surface area contributed by atoms with Crippen molar-refractivity contribution in [1.29, 1.82) is 0 Å². The zero-order chi connectivity index (χ0) is 16.8. The number of carbonyl (C=O) groups is 1. The molecule has 0 saturated heterocycles. The Balaban J connectivity index is 1.46. The molecule has 1 amide bonds. The van der Waals surface area contributed by atoms with Gasteiger partial charge in [-0.2, -0.15) is 5.10 Å². The highest BCUT2D eigenvalue weighted by molar-refractivity contribution is 7.13. The average Bonchev–Trinajstić information content (AvgIpc) is 3.27. The Kier molecular flexibility index (Phi) is 5.32. The van der Waals surface area contributed by atoms with Gasteiger partial charge in [0.05, 0.1) is 18.2 Å². The molecule has 0 spiro atoms. The van der Waals surface area contributed by atoms with E-state index in [1.807, 2.05) is 36.7 Å². The third kappa shape index (κ3) is 4.26. The summed E-state index contributed by atoms with van der Waals surface area (Å²) in [5, 5.41) is 10.1. The topological polar surface area (TPSA) is 72.7 Å². The maximum atomic E-state index is 12.1. The Morgan fingerprint density at radius 3 is 2.92 bits per heavy atom. The number of aromatic nitrogens is 4. The van der Waals surface area contributed by atoms with E-state index in [0.29, 0.717) is 13.1 Å². The summed E-state index contributed by atoms with van der Waals surface area (Å²) in [5.74, 6) is -0.0807. The third-order valence-electron chi connectivity index (χ3n) is 3.63. The highest BCUT2D eigenvalue weighted by Crippen LogP contribution is 2.22. The van der Waals surface area contributed by atoms with Gasteiger partial charge >= 0.3 is 0 Å². The van der Waals surface area contributed by atoms with Crippen molar-refractivity contribution in [3.63, 3.8) is 0 Å². The number of nitrogens with zero attached hydrogens (tertiary/aromatic N) is 4. The van der Waals surface area contributed by atoms with E-state index >= 15 is 0 Å².